The number of anilines is 2. The number of thiocarbonyl (C=S) groups is 1. The molecular formula is C19H19F2N3O2S. The quantitative estimate of drug-likeness (QED) is 0.732. The molecule has 27 heavy (non-hydrogen) atoms. The molecule has 1 aliphatic heterocycles. The van der Waals surface area contributed by atoms with Gasteiger partial charge < -0.3 is 20.3 Å². The van der Waals surface area contributed by atoms with E-state index in [1.54, 1.807) is 17.0 Å². The van der Waals surface area contributed by atoms with Crippen LogP contribution in [0.5, 0.6) is 5.75 Å². The smallest absolute Gasteiger partial charge is 0.387 e. The van der Waals surface area contributed by atoms with Crippen molar-refractivity contribution in [1.29, 1.82) is 0 Å². The van der Waals surface area contributed by atoms with Gasteiger partial charge in [-0.2, -0.15) is 8.78 Å². The van der Waals surface area contributed by atoms with Gasteiger partial charge in [0.1, 0.15) is 5.75 Å². The van der Waals surface area contributed by atoms with Gasteiger partial charge in [-0.15, -0.1) is 0 Å². The molecule has 0 atom stereocenters. The summed E-state index contributed by atoms with van der Waals surface area (Å²) in [6.45, 7) is -1.56. The third-order valence-corrected chi connectivity index (χ3v) is 4.36. The average molecular weight is 391 g/mol. The first-order valence-corrected chi connectivity index (χ1v) is 8.91. The van der Waals surface area contributed by atoms with Crippen LogP contribution in [-0.4, -0.2) is 24.2 Å². The summed E-state index contributed by atoms with van der Waals surface area (Å²) in [5.41, 5.74) is 2.60. The molecule has 0 saturated carbocycles. The summed E-state index contributed by atoms with van der Waals surface area (Å²) in [5.74, 6) is 0.252. The summed E-state index contributed by atoms with van der Waals surface area (Å²) in [7, 11) is 0. The van der Waals surface area contributed by atoms with E-state index in [0.29, 0.717) is 23.8 Å². The zero-order chi connectivity index (χ0) is 19.2. The molecule has 0 spiro atoms. The van der Waals surface area contributed by atoms with Crippen molar-refractivity contribution in [2.45, 2.75) is 26.0 Å². The predicted molar refractivity (Wildman–Crippen MR) is 104 cm³/mol. The van der Waals surface area contributed by atoms with Gasteiger partial charge in [0.15, 0.2) is 5.11 Å². The van der Waals surface area contributed by atoms with Crippen molar-refractivity contribution in [2.24, 2.45) is 0 Å². The number of benzene rings is 2. The van der Waals surface area contributed by atoms with Crippen LogP contribution in [0.2, 0.25) is 0 Å². The van der Waals surface area contributed by atoms with E-state index >= 15 is 0 Å². The van der Waals surface area contributed by atoms with Crippen LogP contribution in [0.4, 0.5) is 20.2 Å². The minimum Gasteiger partial charge on any atom is -0.435 e. The zero-order valence-electron chi connectivity index (χ0n) is 14.5. The molecule has 1 heterocycles. The fourth-order valence-electron chi connectivity index (χ4n) is 2.79. The third kappa shape index (κ3) is 5.37. The van der Waals surface area contributed by atoms with Gasteiger partial charge in [0.05, 0.1) is 0 Å². The maximum atomic E-state index is 12.1. The molecule has 0 radical (unpaired) electrons. The molecule has 5 nitrogen and oxygen atoms in total. The van der Waals surface area contributed by atoms with Gasteiger partial charge in [-0.3, -0.25) is 4.79 Å². The Kier molecular flexibility index (Phi) is 6.18. The molecule has 1 amide bonds. The van der Waals surface area contributed by atoms with Crippen LogP contribution in [0.3, 0.4) is 0 Å². The summed E-state index contributed by atoms with van der Waals surface area (Å²) >= 11 is 5.24. The second-order valence-corrected chi connectivity index (χ2v) is 6.43. The van der Waals surface area contributed by atoms with Crippen molar-refractivity contribution in [2.75, 3.05) is 16.8 Å². The Morgan fingerprint density at radius 2 is 1.85 bits per heavy atom. The highest BCUT2D eigenvalue weighted by Crippen LogP contribution is 2.21. The molecule has 0 aromatic heterocycles. The summed E-state index contributed by atoms with van der Waals surface area (Å²) in [4.78, 5) is 13.6. The Morgan fingerprint density at radius 1 is 1.15 bits per heavy atom. The predicted octanol–water partition coefficient (Wildman–Crippen LogP) is 3.90. The second-order valence-electron chi connectivity index (χ2n) is 6.03. The minimum atomic E-state index is -2.85. The van der Waals surface area contributed by atoms with Crippen LogP contribution in [0.25, 0.3) is 0 Å². The van der Waals surface area contributed by atoms with E-state index in [0.717, 1.165) is 24.2 Å². The first-order valence-electron chi connectivity index (χ1n) is 8.50. The number of amides is 1. The number of hydrogen-bond acceptors (Lipinski definition) is 3. The Hall–Kier alpha value is -2.74. The first kappa shape index (κ1) is 19.0. The molecule has 2 aromatic carbocycles. The van der Waals surface area contributed by atoms with E-state index in [1.807, 2.05) is 24.3 Å². The average Bonchev–Trinajstić information content (AvgIpc) is 3.08. The van der Waals surface area contributed by atoms with E-state index in [9.17, 15) is 13.6 Å². The number of rotatable bonds is 6. The SMILES string of the molecule is O=C1CCCN1c1ccc(CNC(=S)Nc2ccc(OC(F)F)cc2)cc1. The van der Waals surface area contributed by atoms with E-state index in [1.165, 1.54) is 12.1 Å². The molecule has 8 heteroatoms. The number of carbonyl (C=O) groups excluding carboxylic acids is 1. The lowest BCUT2D eigenvalue weighted by molar-refractivity contribution is -0.117. The van der Waals surface area contributed by atoms with E-state index in [4.69, 9.17) is 12.2 Å². The maximum absolute atomic E-state index is 12.1. The van der Waals surface area contributed by atoms with Gasteiger partial charge in [0, 0.05) is 30.9 Å². The maximum Gasteiger partial charge on any atom is 0.387 e. The number of carbonyl (C=O) groups is 1. The lowest BCUT2D eigenvalue weighted by Crippen LogP contribution is -2.28. The fourth-order valence-corrected chi connectivity index (χ4v) is 2.98. The van der Waals surface area contributed by atoms with E-state index < -0.39 is 6.61 Å². The Bertz CT molecular complexity index is 798. The number of alkyl halides is 2. The molecule has 1 aliphatic rings. The van der Waals surface area contributed by atoms with Crippen LogP contribution in [0.15, 0.2) is 48.5 Å². The first-order chi connectivity index (χ1) is 13.0. The molecule has 2 aromatic rings. The van der Waals surface area contributed by atoms with Crippen molar-refractivity contribution in [3.8, 4) is 5.75 Å². The second kappa shape index (κ2) is 8.77. The third-order valence-electron chi connectivity index (χ3n) is 4.11. The van der Waals surface area contributed by atoms with E-state index in [2.05, 4.69) is 15.4 Å². The van der Waals surface area contributed by atoms with Crippen LogP contribution >= 0.6 is 12.2 Å². The summed E-state index contributed by atoms with van der Waals surface area (Å²) < 4.78 is 28.6. The van der Waals surface area contributed by atoms with Crippen molar-refractivity contribution in [3.63, 3.8) is 0 Å². The molecule has 0 bridgehead atoms. The molecule has 0 unspecified atom stereocenters. The Labute approximate surface area is 161 Å². The van der Waals surface area contributed by atoms with Crippen LogP contribution in [-0.2, 0) is 11.3 Å². The number of ether oxygens (including phenoxy) is 1. The molecule has 1 saturated heterocycles. The van der Waals surface area contributed by atoms with Crippen molar-refractivity contribution in [3.05, 3.63) is 54.1 Å². The van der Waals surface area contributed by atoms with Crippen LogP contribution < -0.4 is 20.3 Å². The van der Waals surface area contributed by atoms with E-state index in [-0.39, 0.29) is 11.7 Å². The van der Waals surface area contributed by atoms with Crippen LogP contribution in [0.1, 0.15) is 18.4 Å². The van der Waals surface area contributed by atoms with Crippen LogP contribution in [0, 0.1) is 0 Å². The van der Waals surface area contributed by atoms with Crippen molar-refractivity contribution >= 4 is 34.6 Å². The normalized spacial score (nSPS) is 13.7. The topological polar surface area (TPSA) is 53.6 Å². The van der Waals surface area contributed by atoms with Gasteiger partial charge >= 0.3 is 6.61 Å². The lowest BCUT2D eigenvalue weighted by Gasteiger charge is -2.16. The number of nitrogens with zero attached hydrogens (tertiary/aromatic N) is 1. The summed E-state index contributed by atoms with van der Waals surface area (Å²) in [5, 5.41) is 6.47. The standard InChI is InChI=1S/C19H19F2N3O2S/c20-18(21)26-16-9-5-14(6-10-16)23-19(27)22-12-13-3-7-15(8-4-13)24-11-1-2-17(24)25/h3-10,18H,1-2,11-12H2,(H2,22,23,27). The highest BCUT2D eigenvalue weighted by molar-refractivity contribution is 7.80. The molecule has 2 N–H and O–H groups in total. The monoisotopic (exact) mass is 391 g/mol. The molecular weight excluding hydrogens is 372 g/mol. The lowest BCUT2D eigenvalue weighted by atomic mass is 10.2. The van der Waals surface area contributed by atoms with Crippen molar-refractivity contribution in [1.82, 2.24) is 5.32 Å². The molecule has 3 rings (SSSR count). The minimum absolute atomic E-state index is 0.0889. The summed E-state index contributed by atoms with van der Waals surface area (Å²) in [6, 6.07) is 13.9. The zero-order valence-corrected chi connectivity index (χ0v) is 15.3. The Morgan fingerprint density at radius 3 is 2.44 bits per heavy atom. The molecule has 1 fully saturated rings. The number of hydrogen-bond donors (Lipinski definition) is 2. The van der Waals surface area contributed by atoms with Gasteiger partial charge in [-0.25, -0.2) is 0 Å². The largest absolute Gasteiger partial charge is 0.435 e. The fraction of sp³-hybridized carbons (Fsp3) is 0.263. The van der Waals surface area contributed by atoms with Crippen molar-refractivity contribution < 1.29 is 18.3 Å². The highest BCUT2D eigenvalue weighted by Gasteiger charge is 2.21. The molecule has 142 valence electrons. The Balaban J connectivity index is 1.48. The number of halogens is 2. The molecule has 0 aliphatic carbocycles. The highest BCUT2D eigenvalue weighted by atomic mass is 32.1. The van der Waals surface area contributed by atoms with Gasteiger partial charge in [-0.05, 0) is 60.6 Å². The van der Waals surface area contributed by atoms with Gasteiger partial charge in [0.25, 0.3) is 0 Å². The number of nitrogens with one attached hydrogen (secondary N) is 2. The summed E-state index contributed by atoms with van der Waals surface area (Å²) in [6.07, 6.45) is 1.51. The van der Waals surface area contributed by atoms with Gasteiger partial charge in [-0.1, -0.05) is 12.1 Å². The van der Waals surface area contributed by atoms with Gasteiger partial charge in [0.2, 0.25) is 5.91 Å².